The summed E-state index contributed by atoms with van der Waals surface area (Å²) in [4.78, 5) is 15.7. The minimum absolute atomic E-state index is 0.0386. The van der Waals surface area contributed by atoms with Crippen LogP contribution >= 0.6 is 11.8 Å². The average molecular weight is 387 g/mol. The number of para-hydroxylation sites is 1. The number of nitrogens with zero attached hydrogens (tertiary/aromatic N) is 1. The molecule has 0 radical (unpaired) electrons. The molecular weight excluding hydrogens is 354 g/mol. The highest BCUT2D eigenvalue weighted by Gasteiger charge is 2.47. The van der Waals surface area contributed by atoms with Crippen molar-refractivity contribution in [1.29, 1.82) is 0 Å². The molecule has 1 amide bonds. The molecule has 1 fully saturated rings. The van der Waals surface area contributed by atoms with Crippen molar-refractivity contribution >= 4 is 23.4 Å². The van der Waals surface area contributed by atoms with Crippen molar-refractivity contribution < 1.29 is 9.69 Å². The van der Waals surface area contributed by atoms with Gasteiger partial charge in [0, 0.05) is 31.5 Å². The van der Waals surface area contributed by atoms with E-state index in [1.165, 1.54) is 26.9 Å². The van der Waals surface area contributed by atoms with Crippen LogP contribution in [0.2, 0.25) is 0 Å². The highest BCUT2D eigenvalue weighted by molar-refractivity contribution is 8.03. The van der Waals surface area contributed by atoms with Gasteiger partial charge in [0.25, 0.3) is 0 Å². The van der Waals surface area contributed by atoms with E-state index < -0.39 is 0 Å². The second-order valence-electron chi connectivity index (χ2n) is 7.76. The number of hydrogen-bond acceptors (Lipinski definition) is 3. The van der Waals surface area contributed by atoms with Crippen LogP contribution in [0.25, 0.3) is 0 Å². The van der Waals surface area contributed by atoms with Gasteiger partial charge < -0.3 is 10.2 Å². The van der Waals surface area contributed by atoms with Gasteiger partial charge >= 0.3 is 0 Å². The first kappa shape index (κ1) is 20.0. The number of hydrogen-bond donors (Lipinski definition) is 2. The molecule has 3 rings (SSSR count). The standard InChI is InChI=1S/C22H31N3OS/c1-5-24-15-16-27-21(24)12-8-11-19-22(2,3)17-9-6-7-10-18(17)25(19)14-13-20(26)23-4/h6-12,19H,5,13-16H2,1-4H3,(H,23,26)/p+1/b11-8+,21-12-. The molecule has 1 aromatic carbocycles. The molecule has 0 aliphatic carbocycles. The molecule has 2 unspecified atom stereocenters. The van der Waals surface area contributed by atoms with Crippen molar-refractivity contribution in [3.05, 3.63) is 53.1 Å². The highest BCUT2D eigenvalue weighted by Crippen LogP contribution is 2.36. The molecule has 27 heavy (non-hydrogen) atoms. The summed E-state index contributed by atoms with van der Waals surface area (Å²) in [5, 5.41) is 4.12. The summed E-state index contributed by atoms with van der Waals surface area (Å²) in [6.45, 7) is 9.88. The Balaban J connectivity index is 1.85. The zero-order valence-corrected chi connectivity index (χ0v) is 17.7. The maximum atomic E-state index is 11.8. The molecule has 0 saturated carbocycles. The number of allylic oxidation sites excluding steroid dienone is 2. The predicted octanol–water partition coefficient (Wildman–Crippen LogP) is 2.47. The summed E-state index contributed by atoms with van der Waals surface area (Å²) in [6, 6.07) is 9.01. The van der Waals surface area contributed by atoms with E-state index in [9.17, 15) is 4.79 Å². The number of carbonyl (C=O) groups is 1. The molecule has 0 spiro atoms. The van der Waals surface area contributed by atoms with Crippen molar-refractivity contribution in [1.82, 2.24) is 10.2 Å². The van der Waals surface area contributed by atoms with E-state index in [1.54, 1.807) is 7.05 Å². The smallest absolute Gasteiger partial charge is 0.225 e. The SMILES string of the molecule is CCN1CCS/C1=C\C=C\C1[NH+](CCC(=O)NC)c2ccccc2C1(C)C. The Morgan fingerprint density at radius 1 is 1.41 bits per heavy atom. The lowest BCUT2D eigenvalue weighted by molar-refractivity contribution is -0.849. The molecule has 2 atom stereocenters. The third-order valence-electron chi connectivity index (χ3n) is 5.87. The molecule has 5 heteroatoms. The molecule has 0 aromatic heterocycles. The quantitative estimate of drug-likeness (QED) is 0.789. The van der Waals surface area contributed by atoms with Crippen molar-refractivity contribution in [3.8, 4) is 0 Å². The van der Waals surface area contributed by atoms with E-state index >= 15 is 0 Å². The van der Waals surface area contributed by atoms with E-state index in [2.05, 4.69) is 73.5 Å². The van der Waals surface area contributed by atoms with Crippen LogP contribution in [0, 0.1) is 0 Å². The lowest BCUT2D eigenvalue weighted by atomic mass is 9.80. The molecule has 2 N–H and O–H groups in total. The maximum absolute atomic E-state index is 11.8. The third-order valence-corrected chi connectivity index (χ3v) is 6.94. The fourth-order valence-corrected chi connectivity index (χ4v) is 5.39. The largest absolute Gasteiger partial charge is 0.366 e. The number of amides is 1. The van der Waals surface area contributed by atoms with Gasteiger partial charge in [-0.3, -0.25) is 9.69 Å². The summed E-state index contributed by atoms with van der Waals surface area (Å²) in [6.07, 6.45) is 7.38. The molecule has 1 saturated heterocycles. The zero-order valence-electron chi connectivity index (χ0n) is 16.9. The van der Waals surface area contributed by atoms with Crippen LogP contribution in [0.5, 0.6) is 0 Å². The van der Waals surface area contributed by atoms with E-state index in [0.717, 1.165) is 19.6 Å². The first-order valence-corrected chi connectivity index (χ1v) is 10.9. The normalized spacial score (nSPS) is 25.3. The van der Waals surface area contributed by atoms with Crippen molar-refractivity contribution in [3.63, 3.8) is 0 Å². The fraction of sp³-hybridized carbons (Fsp3) is 0.500. The molecular formula is C22H32N3OS+. The Labute approximate surface area is 167 Å². The minimum atomic E-state index is 0.0386. The fourth-order valence-electron chi connectivity index (χ4n) is 4.29. The van der Waals surface area contributed by atoms with Crippen LogP contribution in [-0.2, 0) is 10.2 Å². The van der Waals surface area contributed by atoms with Gasteiger partial charge in [-0.25, -0.2) is 0 Å². The Hall–Kier alpha value is -1.72. The van der Waals surface area contributed by atoms with Crippen LogP contribution in [0.15, 0.2) is 47.5 Å². The summed E-state index contributed by atoms with van der Waals surface area (Å²) < 4.78 is 0. The minimum Gasteiger partial charge on any atom is -0.366 e. The van der Waals surface area contributed by atoms with Crippen LogP contribution in [0.3, 0.4) is 0 Å². The summed E-state index contributed by atoms with van der Waals surface area (Å²) in [5.41, 5.74) is 2.76. The number of benzene rings is 1. The Morgan fingerprint density at radius 2 is 2.19 bits per heavy atom. The predicted molar refractivity (Wildman–Crippen MR) is 114 cm³/mol. The molecule has 0 bridgehead atoms. The van der Waals surface area contributed by atoms with E-state index in [-0.39, 0.29) is 11.3 Å². The van der Waals surface area contributed by atoms with Gasteiger partial charge in [0.05, 0.1) is 23.4 Å². The number of thioether (sulfide) groups is 1. The molecule has 1 aromatic rings. The highest BCUT2D eigenvalue weighted by atomic mass is 32.2. The van der Waals surface area contributed by atoms with Crippen molar-refractivity contribution in [2.24, 2.45) is 0 Å². The zero-order chi connectivity index (χ0) is 19.4. The Morgan fingerprint density at radius 3 is 2.93 bits per heavy atom. The summed E-state index contributed by atoms with van der Waals surface area (Å²) in [7, 11) is 1.71. The number of fused-ring (bicyclic) bond motifs is 1. The topological polar surface area (TPSA) is 36.8 Å². The van der Waals surface area contributed by atoms with Gasteiger partial charge in [0.1, 0.15) is 11.7 Å². The van der Waals surface area contributed by atoms with Crippen LogP contribution in [-0.4, -0.2) is 49.3 Å². The third kappa shape index (κ3) is 4.09. The molecule has 4 nitrogen and oxygen atoms in total. The first-order valence-electron chi connectivity index (χ1n) is 9.91. The number of carbonyl (C=O) groups excluding carboxylic acids is 1. The van der Waals surface area contributed by atoms with Gasteiger partial charge in [-0.05, 0) is 39.0 Å². The van der Waals surface area contributed by atoms with Crippen molar-refractivity contribution in [2.45, 2.75) is 38.6 Å². The Kier molecular flexibility index (Phi) is 6.33. The van der Waals surface area contributed by atoms with Gasteiger partial charge in [-0.15, -0.1) is 11.8 Å². The van der Waals surface area contributed by atoms with E-state index in [4.69, 9.17) is 0 Å². The number of rotatable bonds is 6. The number of quaternary nitrogens is 1. The van der Waals surface area contributed by atoms with E-state index in [1.807, 2.05) is 11.8 Å². The first-order chi connectivity index (χ1) is 13.0. The molecule has 146 valence electrons. The average Bonchev–Trinajstić information content (AvgIpc) is 3.21. The van der Waals surface area contributed by atoms with E-state index in [0.29, 0.717) is 12.5 Å². The van der Waals surface area contributed by atoms with Gasteiger partial charge in [-0.1, -0.05) is 24.3 Å². The Bertz CT molecular complexity index is 741. The van der Waals surface area contributed by atoms with Crippen LogP contribution in [0.1, 0.15) is 32.8 Å². The van der Waals surface area contributed by atoms with Crippen molar-refractivity contribution in [2.75, 3.05) is 32.4 Å². The van der Waals surface area contributed by atoms with Gasteiger partial charge in [-0.2, -0.15) is 0 Å². The lowest BCUT2D eigenvalue weighted by Crippen LogP contribution is -3.11. The summed E-state index contributed by atoms with van der Waals surface area (Å²) in [5.74, 6) is 1.28. The maximum Gasteiger partial charge on any atom is 0.225 e. The van der Waals surface area contributed by atoms with Crippen LogP contribution in [0.4, 0.5) is 5.69 Å². The molecule has 2 aliphatic heterocycles. The monoisotopic (exact) mass is 386 g/mol. The molecule has 2 heterocycles. The van der Waals surface area contributed by atoms with Crippen LogP contribution < -0.4 is 10.2 Å². The second kappa shape index (κ2) is 8.53. The molecule has 2 aliphatic rings. The lowest BCUT2D eigenvalue weighted by Gasteiger charge is -2.27. The number of nitrogens with one attached hydrogen (secondary N) is 2. The second-order valence-corrected chi connectivity index (χ2v) is 8.88. The summed E-state index contributed by atoms with van der Waals surface area (Å²) >= 11 is 1.94. The van der Waals surface area contributed by atoms with Gasteiger partial charge in [0.15, 0.2) is 0 Å². The van der Waals surface area contributed by atoms with Gasteiger partial charge in [0.2, 0.25) is 5.91 Å².